The van der Waals surface area contributed by atoms with Gasteiger partial charge in [0, 0.05) is 48.1 Å². The molecule has 0 aliphatic carbocycles. The van der Waals surface area contributed by atoms with Crippen molar-refractivity contribution < 1.29 is 14.3 Å². The van der Waals surface area contributed by atoms with Gasteiger partial charge < -0.3 is 19.3 Å². The number of ether oxygens (including phenoxy) is 2. The lowest BCUT2D eigenvalue weighted by Gasteiger charge is -2.34. The number of carbonyl (C=O) groups excluding carboxylic acids is 1. The topological polar surface area (TPSA) is 54.9 Å². The number of thiazole rings is 1. The van der Waals surface area contributed by atoms with Gasteiger partial charge in [0.25, 0.3) is 5.91 Å². The number of nitrogens with zero attached hydrogens (tertiary/aromatic N) is 3. The number of benzene rings is 1. The monoisotopic (exact) mass is 399 g/mol. The average molecular weight is 399 g/mol. The van der Waals surface area contributed by atoms with Gasteiger partial charge in [-0.1, -0.05) is 0 Å². The molecular formula is C19H17N3O3S2. The largest absolute Gasteiger partial charge is 0.454 e. The number of aromatic nitrogens is 1. The van der Waals surface area contributed by atoms with Crippen molar-refractivity contribution in [3.8, 4) is 22.8 Å². The molecule has 1 amide bonds. The summed E-state index contributed by atoms with van der Waals surface area (Å²) in [5, 5.41) is 7.29. The summed E-state index contributed by atoms with van der Waals surface area (Å²) in [6.45, 7) is 3.15. The first kappa shape index (κ1) is 16.6. The van der Waals surface area contributed by atoms with Crippen molar-refractivity contribution >= 4 is 33.7 Å². The molecule has 0 radical (unpaired) electrons. The van der Waals surface area contributed by atoms with Gasteiger partial charge in [-0.15, -0.1) is 11.3 Å². The standard InChI is InChI=1S/C19H17N3O3S2/c23-18(13-1-2-16-17(9-13)25-12-24-16)21-4-6-22(7-5-21)19-20-15(11-27-19)14-3-8-26-10-14/h1-3,8-11H,4-7,12H2. The highest BCUT2D eigenvalue weighted by molar-refractivity contribution is 7.14. The number of rotatable bonds is 3. The Hall–Kier alpha value is -2.58. The van der Waals surface area contributed by atoms with Gasteiger partial charge >= 0.3 is 0 Å². The van der Waals surface area contributed by atoms with E-state index in [4.69, 9.17) is 14.5 Å². The summed E-state index contributed by atoms with van der Waals surface area (Å²) in [7, 11) is 0. The van der Waals surface area contributed by atoms with Crippen molar-refractivity contribution in [3.05, 3.63) is 46.0 Å². The molecule has 1 saturated heterocycles. The Bertz CT molecular complexity index is 963. The first-order valence-corrected chi connectivity index (χ1v) is 10.5. The second kappa shape index (κ2) is 6.86. The van der Waals surface area contributed by atoms with Crippen LogP contribution in [0.4, 0.5) is 5.13 Å². The zero-order valence-corrected chi connectivity index (χ0v) is 16.1. The van der Waals surface area contributed by atoms with Gasteiger partial charge in [-0.2, -0.15) is 11.3 Å². The Kier molecular flexibility index (Phi) is 4.21. The van der Waals surface area contributed by atoms with Crippen LogP contribution in [-0.4, -0.2) is 48.8 Å². The molecule has 2 aliphatic rings. The molecule has 0 saturated carbocycles. The van der Waals surface area contributed by atoms with Gasteiger partial charge in [-0.3, -0.25) is 4.79 Å². The fourth-order valence-electron chi connectivity index (χ4n) is 3.27. The van der Waals surface area contributed by atoms with Gasteiger partial charge in [0.1, 0.15) is 0 Å². The molecule has 0 spiro atoms. The van der Waals surface area contributed by atoms with Crippen molar-refractivity contribution in [2.75, 3.05) is 37.9 Å². The van der Waals surface area contributed by atoms with Crippen LogP contribution < -0.4 is 14.4 Å². The van der Waals surface area contributed by atoms with Crippen LogP contribution in [0.15, 0.2) is 40.4 Å². The normalized spacial score (nSPS) is 16.0. The summed E-state index contributed by atoms with van der Waals surface area (Å²) in [6.07, 6.45) is 0. The molecule has 27 heavy (non-hydrogen) atoms. The molecule has 138 valence electrons. The Labute approximate surface area is 164 Å². The van der Waals surface area contributed by atoms with Crippen molar-refractivity contribution in [2.45, 2.75) is 0 Å². The van der Waals surface area contributed by atoms with Gasteiger partial charge in [-0.05, 0) is 29.6 Å². The molecule has 0 N–H and O–H groups in total. The van der Waals surface area contributed by atoms with Crippen LogP contribution in [0.25, 0.3) is 11.3 Å². The van der Waals surface area contributed by atoms with E-state index in [0.717, 1.165) is 23.9 Å². The highest BCUT2D eigenvalue weighted by atomic mass is 32.1. The molecule has 2 aromatic heterocycles. The van der Waals surface area contributed by atoms with E-state index in [9.17, 15) is 4.79 Å². The first-order chi connectivity index (χ1) is 13.3. The fourth-order valence-corrected chi connectivity index (χ4v) is 4.80. The number of fused-ring (bicyclic) bond motifs is 1. The van der Waals surface area contributed by atoms with Crippen LogP contribution in [-0.2, 0) is 0 Å². The summed E-state index contributed by atoms with van der Waals surface area (Å²) in [5.41, 5.74) is 2.83. The van der Waals surface area contributed by atoms with E-state index in [2.05, 4.69) is 27.1 Å². The lowest BCUT2D eigenvalue weighted by Crippen LogP contribution is -2.48. The molecule has 3 aromatic rings. The van der Waals surface area contributed by atoms with Crippen LogP contribution in [0.2, 0.25) is 0 Å². The molecule has 0 atom stereocenters. The number of hydrogen-bond donors (Lipinski definition) is 0. The number of anilines is 1. The Balaban J connectivity index is 1.24. The predicted molar refractivity (Wildman–Crippen MR) is 106 cm³/mol. The Morgan fingerprint density at radius 2 is 1.89 bits per heavy atom. The number of piperazine rings is 1. The quantitative estimate of drug-likeness (QED) is 0.674. The third-order valence-corrected chi connectivity index (χ3v) is 6.35. The van der Waals surface area contributed by atoms with Crippen molar-refractivity contribution in [1.82, 2.24) is 9.88 Å². The smallest absolute Gasteiger partial charge is 0.254 e. The predicted octanol–water partition coefficient (Wildman–Crippen LogP) is 3.56. The minimum absolute atomic E-state index is 0.0334. The van der Waals surface area contributed by atoms with E-state index in [1.807, 2.05) is 4.90 Å². The van der Waals surface area contributed by atoms with Gasteiger partial charge in [0.05, 0.1) is 5.69 Å². The molecule has 5 rings (SSSR count). The molecular weight excluding hydrogens is 382 g/mol. The molecule has 2 aliphatic heterocycles. The van der Waals surface area contributed by atoms with Crippen molar-refractivity contribution in [1.29, 1.82) is 0 Å². The molecule has 8 heteroatoms. The van der Waals surface area contributed by atoms with Crippen LogP contribution in [0.3, 0.4) is 0 Å². The fraction of sp³-hybridized carbons (Fsp3) is 0.263. The Morgan fingerprint density at radius 3 is 2.70 bits per heavy atom. The Morgan fingerprint density at radius 1 is 1.04 bits per heavy atom. The maximum atomic E-state index is 12.8. The molecule has 0 bridgehead atoms. The molecule has 4 heterocycles. The summed E-state index contributed by atoms with van der Waals surface area (Å²) < 4.78 is 10.7. The van der Waals surface area contributed by atoms with Crippen LogP contribution in [0.1, 0.15) is 10.4 Å². The van der Waals surface area contributed by atoms with Crippen LogP contribution >= 0.6 is 22.7 Å². The molecule has 1 aromatic carbocycles. The zero-order valence-electron chi connectivity index (χ0n) is 14.5. The highest BCUT2D eigenvalue weighted by Gasteiger charge is 2.25. The zero-order chi connectivity index (χ0) is 18.2. The van der Waals surface area contributed by atoms with E-state index in [-0.39, 0.29) is 12.7 Å². The number of hydrogen-bond acceptors (Lipinski definition) is 7. The molecule has 0 unspecified atom stereocenters. The summed E-state index contributed by atoms with van der Waals surface area (Å²) in [6, 6.07) is 7.46. The van der Waals surface area contributed by atoms with Crippen LogP contribution in [0.5, 0.6) is 11.5 Å². The average Bonchev–Trinajstić information content (AvgIpc) is 3.48. The third-order valence-electron chi connectivity index (χ3n) is 4.77. The summed E-state index contributed by atoms with van der Waals surface area (Å²) >= 11 is 3.34. The van der Waals surface area contributed by atoms with Gasteiger partial charge in [-0.25, -0.2) is 4.98 Å². The van der Waals surface area contributed by atoms with Gasteiger partial charge in [0.15, 0.2) is 16.6 Å². The maximum absolute atomic E-state index is 12.8. The van der Waals surface area contributed by atoms with E-state index < -0.39 is 0 Å². The van der Waals surface area contributed by atoms with Crippen LogP contribution in [0, 0.1) is 0 Å². The minimum atomic E-state index is 0.0334. The lowest BCUT2D eigenvalue weighted by molar-refractivity contribution is 0.0746. The molecule has 6 nitrogen and oxygen atoms in total. The number of carbonyl (C=O) groups is 1. The summed E-state index contributed by atoms with van der Waals surface area (Å²) in [4.78, 5) is 21.7. The highest BCUT2D eigenvalue weighted by Crippen LogP contribution is 2.33. The maximum Gasteiger partial charge on any atom is 0.254 e. The lowest BCUT2D eigenvalue weighted by atomic mass is 10.1. The number of amides is 1. The van der Waals surface area contributed by atoms with E-state index in [0.29, 0.717) is 30.2 Å². The second-order valence-corrected chi connectivity index (χ2v) is 7.99. The van der Waals surface area contributed by atoms with Gasteiger partial charge in [0.2, 0.25) is 6.79 Å². The van der Waals surface area contributed by atoms with Crippen molar-refractivity contribution in [3.63, 3.8) is 0 Å². The third kappa shape index (κ3) is 3.15. The number of thiophene rings is 1. The van der Waals surface area contributed by atoms with E-state index in [1.165, 1.54) is 5.56 Å². The van der Waals surface area contributed by atoms with E-state index in [1.54, 1.807) is 40.9 Å². The second-order valence-electron chi connectivity index (χ2n) is 6.37. The van der Waals surface area contributed by atoms with E-state index >= 15 is 0 Å². The SMILES string of the molecule is O=C(c1ccc2c(c1)OCO2)N1CCN(c2nc(-c3ccsc3)cs2)CC1. The van der Waals surface area contributed by atoms with Crippen molar-refractivity contribution in [2.24, 2.45) is 0 Å². The molecule has 1 fully saturated rings. The summed E-state index contributed by atoms with van der Waals surface area (Å²) in [5.74, 6) is 1.37. The minimum Gasteiger partial charge on any atom is -0.454 e. The first-order valence-electron chi connectivity index (χ1n) is 8.70.